The van der Waals surface area contributed by atoms with Crippen LogP contribution < -0.4 is 9.62 Å². The zero-order valence-electron chi connectivity index (χ0n) is 16.4. The molecular formula is C20H17BrCl2N4O3S. The predicted molar refractivity (Wildman–Crippen MR) is 124 cm³/mol. The molecule has 11 heteroatoms. The Hall–Kier alpha value is -1.91. The van der Waals surface area contributed by atoms with Gasteiger partial charge in [0.25, 0.3) is 15.9 Å². The predicted octanol–water partition coefficient (Wildman–Crippen LogP) is 4.50. The van der Waals surface area contributed by atoms with E-state index < -0.39 is 15.6 Å². The minimum absolute atomic E-state index is 0.103. The van der Waals surface area contributed by atoms with E-state index in [1.807, 2.05) is 24.3 Å². The van der Waals surface area contributed by atoms with Gasteiger partial charge in [-0.1, -0.05) is 51.3 Å². The van der Waals surface area contributed by atoms with Crippen molar-refractivity contribution in [3.63, 3.8) is 0 Å². The average molecular weight is 544 g/mol. The monoisotopic (exact) mass is 542 g/mol. The van der Waals surface area contributed by atoms with Crippen molar-refractivity contribution in [3.8, 4) is 0 Å². The number of nitrogens with one attached hydrogen (secondary N) is 1. The van der Waals surface area contributed by atoms with Gasteiger partial charge in [-0.2, -0.15) is 0 Å². The van der Waals surface area contributed by atoms with Gasteiger partial charge in [-0.3, -0.25) is 9.36 Å². The summed E-state index contributed by atoms with van der Waals surface area (Å²) in [5, 5.41) is 0.588. The maximum Gasteiger partial charge on any atom is 0.260 e. The molecule has 1 aliphatic rings. The first kappa shape index (κ1) is 22.3. The first-order valence-electron chi connectivity index (χ1n) is 9.14. The summed E-state index contributed by atoms with van der Waals surface area (Å²) in [6.45, 7) is 1.70. The van der Waals surface area contributed by atoms with Crippen LogP contribution in [0.4, 0.5) is 11.6 Å². The fourth-order valence-electron chi connectivity index (χ4n) is 3.73. The average Bonchev–Trinajstić information content (AvgIpc) is 3.22. The number of imidazole rings is 1. The molecule has 0 bridgehead atoms. The summed E-state index contributed by atoms with van der Waals surface area (Å²) >= 11 is 15.7. The summed E-state index contributed by atoms with van der Waals surface area (Å²) < 4.78 is 30.1. The Labute approximate surface area is 198 Å². The molecule has 0 saturated heterocycles. The zero-order chi connectivity index (χ0) is 22.6. The first-order valence-corrected chi connectivity index (χ1v) is 12.2. The summed E-state index contributed by atoms with van der Waals surface area (Å²) in [5.41, 5.74) is 0.00743. The second kappa shape index (κ2) is 7.90. The number of halogens is 3. The van der Waals surface area contributed by atoms with E-state index in [0.717, 1.165) is 10.0 Å². The van der Waals surface area contributed by atoms with E-state index in [2.05, 4.69) is 25.6 Å². The standard InChI is InChI=1S/C20H17BrCl2N4O3S/c1-20(10-12-3-5-13(21)6-4-12)18(28)26(16-8-14(22)7-15(23)9-16)19-25-11-17(27(19)20)31(29,30)24-2/h3-9,11,24H,10H2,1-2H3. The number of sulfonamides is 1. The van der Waals surface area contributed by atoms with E-state index in [1.165, 1.54) is 22.7 Å². The van der Waals surface area contributed by atoms with Gasteiger partial charge in [0.15, 0.2) is 5.03 Å². The fourth-order valence-corrected chi connectivity index (χ4v) is 5.43. The van der Waals surface area contributed by atoms with E-state index in [9.17, 15) is 13.2 Å². The van der Waals surface area contributed by atoms with Crippen LogP contribution in [-0.2, 0) is 26.8 Å². The highest BCUT2D eigenvalue weighted by atomic mass is 79.9. The Morgan fingerprint density at radius 1 is 1.13 bits per heavy atom. The number of rotatable bonds is 5. The summed E-state index contributed by atoms with van der Waals surface area (Å²) in [6, 6.07) is 12.2. The molecule has 2 aromatic carbocycles. The Bertz CT molecular complexity index is 1270. The lowest BCUT2D eigenvalue weighted by Crippen LogP contribution is -2.42. The van der Waals surface area contributed by atoms with Crippen LogP contribution in [0, 0.1) is 0 Å². The second-order valence-electron chi connectivity index (χ2n) is 7.28. The number of aromatic nitrogens is 2. The normalized spacial score (nSPS) is 18.5. The fraction of sp³-hybridized carbons (Fsp3) is 0.200. The molecule has 1 N–H and O–H groups in total. The molecule has 1 unspecified atom stereocenters. The van der Waals surface area contributed by atoms with Crippen LogP contribution in [0.25, 0.3) is 0 Å². The quantitative estimate of drug-likeness (QED) is 0.513. The van der Waals surface area contributed by atoms with Gasteiger partial charge in [-0.25, -0.2) is 23.0 Å². The molecule has 31 heavy (non-hydrogen) atoms. The van der Waals surface area contributed by atoms with E-state index in [1.54, 1.807) is 25.1 Å². The van der Waals surface area contributed by atoms with Gasteiger partial charge in [0.2, 0.25) is 5.95 Å². The number of amides is 1. The molecule has 0 radical (unpaired) electrons. The van der Waals surface area contributed by atoms with Crippen molar-refractivity contribution in [3.05, 3.63) is 68.7 Å². The number of hydrogen-bond donors (Lipinski definition) is 1. The van der Waals surface area contributed by atoms with Crippen LogP contribution in [0.15, 0.2) is 58.2 Å². The smallest absolute Gasteiger partial charge is 0.260 e. The number of anilines is 2. The summed E-state index contributed by atoms with van der Waals surface area (Å²) in [6.07, 6.45) is 1.49. The van der Waals surface area contributed by atoms with E-state index in [0.29, 0.717) is 15.7 Å². The minimum atomic E-state index is -3.88. The molecule has 1 aromatic heterocycles. The van der Waals surface area contributed by atoms with Crippen molar-refractivity contribution < 1.29 is 13.2 Å². The number of fused-ring (bicyclic) bond motifs is 1. The van der Waals surface area contributed by atoms with E-state index >= 15 is 0 Å². The summed E-state index contributed by atoms with van der Waals surface area (Å²) in [5.74, 6) is -0.166. The number of carbonyl (C=O) groups is 1. The van der Waals surface area contributed by atoms with Crippen LogP contribution in [0.2, 0.25) is 10.0 Å². The third kappa shape index (κ3) is 3.78. The van der Waals surface area contributed by atoms with Gasteiger partial charge in [-0.15, -0.1) is 0 Å². The molecule has 3 aromatic rings. The van der Waals surface area contributed by atoms with Gasteiger partial charge < -0.3 is 0 Å². The first-order chi connectivity index (χ1) is 14.6. The highest BCUT2D eigenvalue weighted by Crippen LogP contribution is 2.44. The van der Waals surface area contributed by atoms with Gasteiger partial charge in [0, 0.05) is 20.9 Å². The molecule has 162 valence electrons. The summed E-state index contributed by atoms with van der Waals surface area (Å²) in [4.78, 5) is 19.4. The molecule has 0 spiro atoms. The van der Waals surface area contributed by atoms with Crippen molar-refractivity contribution in [2.75, 3.05) is 11.9 Å². The van der Waals surface area contributed by atoms with Crippen molar-refractivity contribution in [2.24, 2.45) is 0 Å². The number of carbonyl (C=O) groups excluding carboxylic acids is 1. The van der Waals surface area contributed by atoms with Gasteiger partial charge in [-0.05, 0) is 49.9 Å². The number of hydrogen-bond acceptors (Lipinski definition) is 4. The Morgan fingerprint density at radius 3 is 2.32 bits per heavy atom. The molecule has 1 amide bonds. The van der Waals surface area contributed by atoms with Crippen molar-refractivity contribution in [1.29, 1.82) is 0 Å². The molecule has 0 fully saturated rings. The summed E-state index contributed by atoms with van der Waals surface area (Å²) in [7, 11) is -2.57. The molecule has 0 saturated carbocycles. The van der Waals surface area contributed by atoms with Crippen LogP contribution in [0.1, 0.15) is 12.5 Å². The molecule has 1 atom stereocenters. The Balaban J connectivity index is 1.93. The maximum absolute atomic E-state index is 13.8. The lowest BCUT2D eigenvalue weighted by Gasteiger charge is -2.26. The van der Waals surface area contributed by atoms with Crippen LogP contribution in [-0.4, -0.2) is 30.9 Å². The van der Waals surface area contributed by atoms with Crippen molar-refractivity contribution >= 4 is 66.7 Å². The third-order valence-electron chi connectivity index (χ3n) is 5.18. The molecule has 1 aliphatic heterocycles. The second-order valence-corrected chi connectivity index (χ2v) is 10.9. The zero-order valence-corrected chi connectivity index (χ0v) is 20.3. The Morgan fingerprint density at radius 2 is 1.74 bits per heavy atom. The van der Waals surface area contributed by atoms with Crippen molar-refractivity contribution in [1.82, 2.24) is 14.3 Å². The molecule has 2 heterocycles. The van der Waals surface area contributed by atoms with E-state index in [4.69, 9.17) is 23.2 Å². The van der Waals surface area contributed by atoms with Crippen molar-refractivity contribution in [2.45, 2.75) is 23.9 Å². The SMILES string of the molecule is CNS(=O)(=O)c1cnc2n1C(C)(Cc1ccc(Br)cc1)C(=O)N2c1cc(Cl)cc(Cl)c1. The molecule has 4 rings (SSSR count). The number of nitrogens with zero attached hydrogens (tertiary/aromatic N) is 3. The van der Waals surface area contributed by atoms with Gasteiger partial charge in [0.05, 0.1) is 11.9 Å². The lowest BCUT2D eigenvalue weighted by molar-refractivity contribution is -0.124. The Kier molecular flexibility index (Phi) is 5.68. The van der Waals surface area contributed by atoms with Gasteiger partial charge in [0.1, 0.15) is 5.54 Å². The molecule has 7 nitrogen and oxygen atoms in total. The third-order valence-corrected chi connectivity index (χ3v) is 7.52. The maximum atomic E-state index is 13.8. The van der Waals surface area contributed by atoms with Crippen LogP contribution >= 0.6 is 39.1 Å². The lowest BCUT2D eigenvalue weighted by atomic mass is 9.92. The molecular weight excluding hydrogens is 527 g/mol. The topological polar surface area (TPSA) is 84.3 Å². The minimum Gasteiger partial charge on any atom is -0.284 e. The van der Waals surface area contributed by atoms with E-state index in [-0.39, 0.29) is 23.3 Å². The van der Waals surface area contributed by atoms with Crippen LogP contribution in [0.3, 0.4) is 0 Å². The van der Waals surface area contributed by atoms with Gasteiger partial charge >= 0.3 is 0 Å². The molecule has 0 aliphatic carbocycles. The highest BCUT2D eigenvalue weighted by Gasteiger charge is 2.51. The highest BCUT2D eigenvalue weighted by molar-refractivity contribution is 9.10. The number of benzene rings is 2. The van der Waals surface area contributed by atoms with Crippen LogP contribution in [0.5, 0.6) is 0 Å². The largest absolute Gasteiger partial charge is 0.284 e.